The highest BCUT2D eigenvalue weighted by Gasteiger charge is 1.94. The molecule has 4 nitrogen and oxygen atoms in total. The third kappa shape index (κ3) is 16.2. The van der Waals surface area contributed by atoms with E-state index >= 15 is 0 Å². The van der Waals surface area contributed by atoms with E-state index < -0.39 is 5.97 Å². The Kier molecular flexibility index (Phi) is 18.9. The van der Waals surface area contributed by atoms with Gasteiger partial charge in [0.15, 0.2) is 0 Å². The second kappa shape index (κ2) is 13.0. The van der Waals surface area contributed by atoms with E-state index in [4.69, 9.17) is 5.11 Å². The molecule has 4 heteroatoms. The van der Waals surface area contributed by atoms with Crippen molar-refractivity contribution < 1.29 is 9.90 Å². The van der Waals surface area contributed by atoms with Gasteiger partial charge in [0.05, 0.1) is 0 Å². The third-order valence-corrected chi connectivity index (χ3v) is 1.49. The van der Waals surface area contributed by atoms with Gasteiger partial charge in [0.25, 0.3) is 0 Å². The quantitative estimate of drug-likeness (QED) is 0.543. The minimum Gasteiger partial charge on any atom is -0.481 e. The minimum atomic E-state index is -0.670. The van der Waals surface area contributed by atoms with Crippen molar-refractivity contribution in [3.8, 4) is 0 Å². The third-order valence-electron chi connectivity index (χ3n) is 1.49. The van der Waals surface area contributed by atoms with E-state index in [2.05, 4.69) is 6.92 Å². The molecule has 0 aromatic heterocycles. The second-order valence-electron chi connectivity index (χ2n) is 2.56. The summed E-state index contributed by atoms with van der Waals surface area (Å²) in [5.74, 6) is -0.670. The maximum Gasteiger partial charge on any atom is 0.303 e. The second-order valence-corrected chi connectivity index (χ2v) is 2.56. The van der Waals surface area contributed by atoms with Gasteiger partial charge in [-0.3, -0.25) is 4.79 Å². The van der Waals surface area contributed by atoms with E-state index in [0.717, 1.165) is 12.8 Å². The van der Waals surface area contributed by atoms with Crippen LogP contribution in [-0.2, 0) is 4.79 Å². The number of carboxylic acids is 1. The van der Waals surface area contributed by atoms with Gasteiger partial charge < -0.3 is 17.4 Å². The molecule has 0 aliphatic rings. The number of hydrogen-bond acceptors (Lipinski definition) is 3. The van der Waals surface area contributed by atoms with Gasteiger partial charge in [0.1, 0.15) is 0 Å². The fourth-order valence-electron chi connectivity index (χ4n) is 0.880. The molecule has 0 aliphatic heterocycles. The Morgan fingerprint density at radius 3 is 2.00 bits per heavy atom. The van der Waals surface area contributed by atoms with Crippen LogP contribution in [0, 0.1) is 0 Å². The summed E-state index contributed by atoms with van der Waals surface area (Å²) < 4.78 is 0. The van der Waals surface area contributed by atoms with Crippen molar-refractivity contribution in [3.05, 3.63) is 0 Å². The number of aliphatic carboxylic acids is 1. The first-order valence-electron chi connectivity index (χ1n) is 3.99. The molecule has 0 unspecified atom stereocenters. The standard InChI is InChI=1S/C8H16O2.2H3N/c1-2-3-4-5-6-7-8(9)10;;/h2-7H2,1H3,(H,9,10);2*1H3. The SMILES string of the molecule is CCCCCCCC(=O)O.N.N. The van der Waals surface area contributed by atoms with Gasteiger partial charge in [0, 0.05) is 6.42 Å². The summed E-state index contributed by atoms with van der Waals surface area (Å²) in [5.41, 5.74) is 0. The summed E-state index contributed by atoms with van der Waals surface area (Å²) in [4.78, 5) is 10.0. The van der Waals surface area contributed by atoms with Gasteiger partial charge in [-0.2, -0.15) is 0 Å². The van der Waals surface area contributed by atoms with Crippen molar-refractivity contribution in [3.63, 3.8) is 0 Å². The Bertz CT molecular complexity index is 97.1. The van der Waals surface area contributed by atoms with Crippen molar-refractivity contribution >= 4 is 5.97 Å². The fourth-order valence-corrected chi connectivity index (χ4v) is 0.880. The van der Waals surface area contributed by atoms with Crippen molar-refractivity contribution in [2.24, 2.45) is 0 Å². The molecule has 0 amide bonds. The molecule has 0 atom stereocenters. The molecule has 0 saturated heterocycles. The molecular formula is C8H22N2O2. The summed E-state index contributed by atoms with van der Waals surface area (Å²) in [6, 6.07) is 0. The highest BCUT2D eigenvalue weighted by Crippen LogP contribution is 2.04. The molecular weight excluding hydrogens is 156 g/mol. The van der Waals surface area contributed by atoms with Gasteiger partial charge in [-0.05, 0) is 6.42 Å². The zero-order valence-electron chi connectivity index (χ0n) is 8.01. The highest BCUT2D eigenvalue weighted by molar-refractivity contribution is 5.66. The van der Waals surface area contributed by atoms with Crippen LogP contribution in [0.3, 0.4) is 0 Å². The molecule has 0 aliphatic carbocycles. The van der Waals surface area contributed by atoms with E-state index in [1.807, 2.05) is 0 Å². The lowest BCUT2D eigenvalue weighted by molar-refractivity contribution is -0.137. The molecule has 12 heavy (non-hydrogen) atoms. The first-order valence-corrected chi connectivity index (χ1v) is 3.99. The first kappa shape index (κ1) is 17.5. The van der Waals surface area contributed by atoms with Crippen LogP contribution in [0.1, 0.15) is 45.4 Å². The molecule has 0 fully saturated rings. The lowest BCUT2D eigenvalue weighted by atomic mass is 10.1. The Morgan fingerprint density at radius 2 is 1.58 bits per heavy atom. The number of hydrogen-bond donors (Lipinski definition) is 3. The van der Waals surface area contributed by atoms with Crippen LogP contribution in [0.2, 0.25) is 0 Å². The molecule has 0 rings (SSSR count). The molecule has 0 aromatic rings. The zero-order chi connectivity index (χ0) is 7.82. The molecule has 7 N–H and O–H groups in total. The largest absolute Gasteiger partial charge is 0.481 e. The minimum absolute atomic E-state index is 0. The van der Waals surface area contributed by atoms with Crippen LogP contribution in [0.5, 0.6) is 0 Å². The molecule has 0 heterocycles. The van der Waals surface area contributed by atoms with Crippen LogP contribution in [0.15, 0.2) is 0 Å². The lowest BCUT2D eigenvalue weighted by Gasteiger charge is -1.95. The van der Waals surface area contributed by atoms with Crippen LogP contribution < -0.4 is 12.3 Å². The lowest BCUT2D eigenvalue weighted by Crippen LogP contribution is -1.93. The summed E-state index contributed by atoms with van der Waals surface area (Å²) >= 11 is 0. The fraction of sp³-hybridized carbons (Fsp3) is 0.875. The van der Waals surface area contributed by atoms with Gasteiger partial charge >= 0.3 is 5.97 Å². The summed E-state index contributed by atoms with van der Waals surface area (Å²) in [5, 5.41) is 8.27. The van der Waals surface area contributed by atoms with Crippen LogP contribution in [0.25, 0.3) is 0 Å². The summed E-state index contributed by atoms with van der Waals surface area (Å²) in [7, 11) is 0. The number of rotatable bonds is 6. The van der Waals surface area contributed by atoms with Gasteiger partial charge in [-0.15, -0.1) is 0 Å². The molecule has 0 bridgehead atoms. The van der Waals surface area contributed by atoms with E-state index in [1.165, 1.54) is 19.3 Å². The van der Waals surface area contributed by atoms with Crippen molar-refractivity contribution in [1.82, 2.24) is 12.3 Å². The Labute approximate surface area is 74.5 Å². The number of unbranched alkanes of at least 4 members (excludes halogenated alkanes) is 4. The predicted molar refractivity (Wildman–Crippen MR) is 51.1 cm³/mol. The smallest absolute Gasteiger partial charge is 0.303 e. The molecule has 0 aromatic carbocycles. The maximum absolute atomic E-state index is 10.0. The van der Waals surface area contributed by atoms with Gasteiger partial charge in [-0.1, -0.05) is 32.6 Å². The maximum atomic E-state index is 10.0. The topological polar surface area (TPSA) is 107 Å². The van der Waals surface area contributed by atoms with Crippen LogP contribution in [0.4, 0.5) is 0 Å². The molecule has 0 spiro atoms. The Balaban J connectivity index is -0.000000405. The Morgan fingerprint density at radius 1 is 1.08 bits per heavy atom. The highest BCUT2D eigenvalue weighted by atomic mass is 16.4. The predicted octanol–water partition coefficient (Wildman–Crippen LogP) is 2.76. The summed E-state index contributed by atoms with van der Waals surface area (Å²) in [6.45, 7) is 2.15. The summed E-state index contributed by atoms with van der Waals surface area (Å²) in [6.07, 6.45) is 5.88. The van der Waals surface area contributed by atoms with Crippen LogP contribution >= 0.6 is 0 Å². The number of carboxylic acid groups (broad SMARTS) is 1. The van der Waals surface area contributed by atoms with Crippen molar-refractivity contribution in [2.75, 3.05) is 0 Å². The van der Waals surface area contributed by atoms with E-state index in [1.54, 1.807) is 0 Å². The normalized spacial score (nSPS) is 8.08. The Hall–Kier alpha value is -0.610. The number of carbonyl (C=O) groups is 1. The van der Waals surface area contributed by atoms with E-state index in [0.29, 0.717) is 6.42 Å². The van der Waals surface area contributed by atoms with E-state index in [-0.39, 0.29) is 12.3 Å². The molecule has 0 saturated carbocycles. The van der Waals surface area contributed by atoms with Gasteiger partial charge in [0.2, 0.25) is 0 Å². The average Bonchev–Trinajstić information content (AvgIpc) is 1.87. The molecule has 0 radical (unpaired) electrons. The van der Waals surface area contributed by atoms with Crippen molar-refractivity contribution in [1.29, 1.82) is 0 Å². The van der Waals surface area contributed by atoms with Gasteiger partial charge in [-0.25, -0.2) is 0 Å². The molecule has 76 valence electrons. The van der Waals surface area contributed by atoms with Crippen molar-refractivity contribution in [2.45, 2.75) is 45.4 Å². The van der Waals surface area contributed by atoms with E-state index in [9.17, 15) is 4.79 Å². The monoisotopic (exact) mass is 178 g/mol. The average molecular weight is 178 g/mol. The van der Waals surface area contributed by atoms with Crippen LogP contribution in [-0.4, -0.2) is 11.1 Å². The first-order chi connectivity index (χ1) is 4.77. The zero-order valence-corrected chi connectivity index (χ0v) is 8.01.